The summed E-state index contributed by atoms with van der Waals surface area (Å²) in [5.41, 5.74) is 2.10. The molecule has 1 heterocycles. The average molecular weight is 519 g/mol. The number of rotatable bonds is 10. The van der Waals surface area contributed by atoms with Crippen molar-refractivity contribution < 1.29 is 29.0 Å². The smallest absolute Gasteiger partial charge is 0.379 e. The summed E-state index contributed by atoms with van der Waals surface area (Å²) >= 11 is 0. The van der Waals surface area contributed by atoms with Crippen LogP contribution >= 0.6 is 0 Å². The third-order valence-corrected chi connectivity index (χ3v) is 5.55. The maximum absolute atomic E-state index is 13.1. The maximum atomic E-state index is 13.1. The lowest BCUT2D eigenvalue weighted by atomic mass is 10.0. The Bertz CT molecular complexity index is 1410. The van der Waals surface area contributed by atoms with Crippen LogP contribution in [0.25, 0.3) is 17.0 Å². The largest absolute Gasteiger partial charge is 0.507 e. The molecule has 0 aliphatic rings. The van der Waals surface area contributed by atoms with Gasteiger partial charge >= 0.3 is 17.6 Å². The molecule has 0 bridgehead atoms. The van der Waals surface area contributed by atoms with E-state index in [9.17, 15) is 24.3 Å². The molecule has 3 aromatic rings. The van der Waals surface area contributed by atoms with Crippen molar-refractivity contribution >= 4 is 23.5 Å². The Labute approximate surface area is 220 Å². The van der Waals surface area contributed by atoms with Gasteiger partial charge in [-0.2, -0.15) is 4.98 Å². The fourth-order valence-electron chi connectivity index (χ4n) is 3.85. The lowest BCUT2D eigenvalue weighted by molar-refractivity contribution is -0.154. The van der Waals surface area contributed by atoms with E-state index in [1.54, 1.807) is 69.3 Å². The van der Waals surface area contributed by atoms with Crippen molar-refractivity contribution in [2.75, 3.05) is 6.61 Å². The Balaban J connectivity index is 1.97. The van der Waals surface area contributed by atoms with Crippen molar-refractivity contribution in [1.82, 2.24) is 9.55 Å². The summed E-state index contributed by atoms with van der Waals surface area (Å²) in [5, 5.41) is 10.3. The third-order valence-electron chi connectivity index (χ3n) is 5.55. The Kier molecular flexibility index (Phi) is 9.32. The molecule has 0 unspecified atom stereocenters. The summed E-state index contributed by atoms with van der Waals surface area (Å²) in [5.74, 6) is -2.99. The molecule has 9 heteroatoms. The lowest BCUT2D eigenvalue weighted by Gasteiger charge is -2.18. The molecule has 38 heavy (non-hydrogen) atoms. The summed E-state index contributed by atoms with van der Waals surface area (Å²) in [6, 6.07) is 15.4. The molecule has 9 nitrogen and oxygen atoms in total. The van der Waals surface area contributed by atoms with Gasteiger partial charge < -0.3 is 14.6 Å². The molecule has 0 aliphatic heterocycles. The van der Waals surface area contributed by atoms with Gasteiger partial charge in [0.2, 0.25) is 0 Å². The van der Waals surface area contributed by atoms with Gasteiger partial charge in [-0.25, -0.2) is 14.4 Å². The van der Waals surface area contributed by atoms with Gasteiger partial charge in [0.25, 0.3) is 5.78 Å². The second kappa shape index (κ2) is 12.6. The monoisotopic (exact) mass is 518 g/mol. The molecule has 0 spiro atoms. The number of hydrogen-bond acceptors (Lipinski definition) is 8. The number of carbonyl (C=O) groups excluding carboxylic acids is 3. The minimum Gasteiger partial charge on any atom is -0.507 e. The SMILES string of the molecule is CCOC(=O)c1c(-c2ccccc2)nc(=O)n(Cc2ccc(C(O)=CC(=O)C(=O)OC(C)C)cc2)c1CC. The quantitative estimate of drug-likeness (QED) is 0.184. The minimum absolute atomic E-state index is 0.112. The number of esters is 2. The number of aliphatic hydroxyl groups is 1. The van der Waals surface area contributed by atoms with Crippen LogP contribution in [-0.2, 0) is 32.0 Å². The van der Waals surface area contributed by atoms with Gasteiger partial charge in [-0.15, -0.1) is 0 Å². The standard InChI is InChI=1S/C29H30N2O7/c1-5-22-25(28(35)37-6-2)26(21-10-8-7-9-11-21)30-29(36)31(22)17-19-12-14-20(15-13-19)23(32)16-24(33)27(34)38-18(3)4/h7-16,18,32H,5-6,17H2,1-4H3. The van der Waals surface area contributed by atoms with Crippen molar-refractivity contribution in [2.24, 2.45) is 0 Å². The molecule has 0 saturated heterocycles. The maximum Gasteiger partial charge on any atom is 0.379 e. The van der Waals surface area contributed by atoms with E-state index in [2.05, 4.69) is 4.98 Å². The van der Waals surface area contributed by atoms with Crippen LogP contribution in [0, 0.1) is 0 Å². The second-order valence-electron chi connectivity index (χ2n) is 8.64. The fourth-order valence-corrected chi connectivity index (χ4v) is 3.85. The van der Waals surface area contributed by atoms with Crippen LogP contribution in [0.2, 0.25) is 0 Å². The first kappa shape index (κ1) is 28.0. The molecule has 1 N–H and O–H groups in total. The molecule has 1 aromatic heterocycles. The van der Waals surface area contributed by atoms with Crippen LogP contribution in [0.3, 0.4) is 0 Å². The van der Waals surface area contributed by atoms with Crippen LogP contribution in [0.4, 0.5) is 0 Å². The Morgan fingerprint density at radius 1 is 1.03 bits per heavy atom. The van der Waals surface area contributed by atoms with Crippen LogP contribution in [0.1, 0.15) is 54.9 Å². The number of carbonyl (C=O) groups is 3. The third kappa shape index (κ3) is 6.61. The zero-order valence-corrected chi connectivity index (χ0v) is 21.8. The minimum atomic E-state index is -1.06. The number of ketones is 1. The van der Waals surface area contributed by atoms with Crippen molar-refractivity contribution in [3.05, 3.63) is 93.5 Å². The summed E-state index contributed by atoms with van der Waals surface area (Å²) in [4.78, 5) is 54.0. The predicted molar refractivity (Wildman–Crippen MR) is 142 cm³/mol. The Morgan fingerprint density at radius 3 is 2.26 bits per heavy atom. The van der Waals surface area contributed by atoms with E-state index in [1.165, 1.54) is 4.57 Å². The van der Waals surface area contributed by atoms with Crippen LogP contribution in [-0.4, -0.2) is 45.1 Å². The zero-order chi connectivity index (χ0) is 27.8. The number of aromatic nitrogens is 2. The van der Waals surface area contributed by atoms with Crippen LogP contribution in [0.15, 0.2) is 65.5 Å². The van der Waals surface area contributed by atoms with Gasteiger partial charge in [0.1, 0.15) is 11.3 Å². The number of nitrogens with zero attached hydrogens (tertiary/aromatic N) is 2. The zero-order valence-electron chi connectivity index (χ0n) is 21.8. The molecule has 3 rings (SSSR count). The molecular formula is C29H30N2O7. The molecular weight excluding hydrogens is 488 g/mol. The molecule has 0 fully saturated rings. The lowest BCUT2D eigenvalue weighted by Crippen LogP contribution is -2.30. The van der Waals surface area contributed by atoms with Crippen molar-refractivity contribution in [3.63, 3.8) is 0 Å². The van der Waals surface area contributed by atoms with Gasteiger partial charge in [0.15, 0.2) is 0 Å². The number of ether oxygens (including phenoxy) is 2. The highest BCUT2D eigenvalue weighted by molar-refractivity contribution is 6.39. The topological polar surface area (TPSA) is 125 Å². The van der Waals surface area contributed by atoms with E-state index in [0.717, 1.165) is 6.08 Å². The molecule has 2 aromatic carbocycles. The highest BCUT2D eigenvalue weighted by Gasteiger charge is 2.24. The summed E-state index contributed by atoms with van der Waals surface area (Å²) in [6.45, 7) is 7.07. The average Bonchev–Trinajstić information content (AvgIpc) is 2.89. The molecule has 0 radical (unpaired) electrons. The predicted octanol–water partition coefficient (Wildman–Crippen LogP) is 4.12. The normalized spacial score (nSPS) is 11.3. The molecule has 0 atom stereocenters. The van der Waals surface area contributed by atoms with Gasteiger partial charge in [0, 0.05) is 22.9 Å². The summed E-state index contributed by atoms with van der Waals surface area (Å²) in [6.07, 6.45) is 0.720. The van der Waals surface area contributed by atoms with Crippen LogP contribution in [0.5, 0.6) is 0 Å². The van der Waals surface area contributed by atoms with Gasteiger partial charge in [-0.05, 0) is 32.8 Å². The van der Waals surface area contributed by atoms with E-state index in [0.29, 0.717) is 28.8 Å². The molecule has 0 amide bonds. The van der Waals surface area contributed by atoms with E-state index < -0.39 is 35.3 Å². The summed E-state index contributed by atoms with van der Waals surface area (Å²) < 4.78 is 11.6. The number of benzene rings is 2. The number of aliphatic hydroxyl groups excluding tert-OH is 1. The van der Waals surface area contributed by atoms with Crippen molar-refractivity contribution in [3.8, 4) is 11.3 Å². The van der Waals surface area contributed by atoms with E-state index in [4.69, 9.17) is 9.47 Å². The molecule has 198 valence electrons. The number of hydrogen-bond donors (Lipinski definition) is 1. The second-order valence-corrected chi connectivity index (χ2v) is 8.64. The first-order valence-corrected chi connectivity index (χ1v) is 12.3. The van der Waals surface area contributed by atoms with Gasteiger partial charge in [-0.1, -0.05) is 61.5 Å². The van der Waals surface area contributed by atoms with Gasteiger partial charge in [0.05, 0.1) is 24.9 Å². The van der Waals surface area contributed by atoms with Crippen molar-refractivity contribution in [2.45, 2.75) is 46.8 Å². The van der Waals surface area contributed by atoms with Gasteiger partial charge in [-0.3, -0.25) is 9.36 Å². The highest BCUT2D eigenvalue weighted by atomic mass is 16.5. The Hall–Kier alpha value is -4.53. The van der Waals surface area contributed by atoms with E-state index in [-0.39, 0.29) is 24.4 Å². The highest BCUT2D eigenvalue weighted by Crippen LogP contribution is 2.25. The molecule has 0 saturated carbocycles. The Morgan fingerprint density at radius 2 is 1.68 bits per heavy atom. The van der Waals surface area contributed by atoms with Crippen LogP contribution < -0.4 is 5.69 Å². The van der Waals surface area contributed by atoms with Crippen molar-refractivity contribution in [1.29, 1.82) is 0 Å². The summed E-state index contributed by atoms with van der Waals surface area (Å²) in [7, 11) is 0. The first-order chi connectivity index (χ1) is 18.2. The van der Waals surface area contributed by atoms with E-state index in [1.807, 2.05) is 13.0 Å². The van der Waals surface area contributed by atoms with E-state index >= 15 is 0 Å². The molecule has 0 aliphatic carbocycles. The fraction of sp³-hybridized carbons (Fsp3) is 0.276. The first-order valence-electron chi connectivity index (χ1n) is 12.3.